The molecule has 1 atom stereocenters. The molecule has 9 nitrogen and oxygen atoms in total. The molecule has 1 aliphatic rings. The molecule has 0 saturated heterocycles. The van der Waals surface area contributed by atoms with E-state index in [1.807, 2.05) is 30.3 Å². The number of amides is 2. The number of sulfonamides is 1. The zero-order chi connectivity index (χ0) is 27.3. The maximum absolute atomic E-state index is 13.4. The van der Waals surface area contributed by atoms with Gasteiger partial charge < -0.3 is 19.7 Å². The van der Waals surface area contributed by atoms with E-state index in [4.69, 9.17) is 21.1 Å². The summed E-state index contributed by atoms with van der Waals surface area (Å²) < 4.78 is 38.6. The Bertz CT molecular complexity index is 1420. The van der Waals surface area contributed by atoms with Crippen LogP contribution in [0.15, 0.2) is 77.7 Å². The van der Waals surface area contributed by atoms with Gasteiger partial charge in [0.15, 0.2) is 6.10 Å². The van der Waals surface area contributed by atoms with Crippen molar-refractivity contribution in [2.24, 2.45) is 0 Å². The molecule has 11 heteroatoms. The Morgan fingerprint density at radius 1 is 1.11 bits per heavy atom. The minimum atomic E-state index is -4.04. The highest BCUT2D eigenvalue weighted by Gasteiger charge is 2.35. The third kappa shape index (κ3) is 6.09. The van der Waals surface area contributed by atoms with Crippen molar-refractivity contribution in [3.8, 4) is 11.5 Å². The maximum atomic E-state index is 13.4. The van der Waals surface area contributed by atoms with Gasteiger partial charge in [0, 0.05) is 13.6 Å². The molecule has 0 aliphatic carbocycles. The van der Waals surface area contributed by atoms with E-state index in [0.717, 1.165) is 9.87 Å². The standard InChI is InChI=1S/C27H28ClN3O6S/c1-3-36-23-14-13-20(15-21(23)28)38(34,35)30(2)18-26(32)31-17-25(37-24-12-8-7-11-22(24)31)27(33)29-16-19-9-5-4-6-10-19/h4-15,25H,3,16-18H2,1-2H3,(H,29,33)/t25-/m0/s1. The number of benzene rings is 3. The highest BCUT2D eigenvalue weighted by molar-refractivity contribution is 7.89. The molecule has 1 N–H and O–H groups in total. The number of nitrogens with one attached hydrogen (secondary N) is 1. The summed E-state index contributed by atoms with van der Waals surface area (Å²) in [5.41, 5.74) is 1.38. The van der Waals surface area contributed by atoms with E-state index in [1.54, 1.807) is 31.2 Å². The monoisotopic (exact) mass is 557 g/mol. The van der Waals surface area contributed by atoms with Gasteiger partial charge in [-0.15, -0.1) is 0 Å². The van der Waals surface area contributed by atoms with Crippen molar-refractivity contribution in [2.45, 2.75) is 24.5 Å². The smallest absolute Gasteiger partial charge is 0.263 e. The fourth-order valence-electron chi connectivity index (χ4n) is 3.96. The summed E-state index contributed by atoms with van der Waals surface area (Å²) in [6.45, 7) is 1.95. The normalized spacial score (nSPS) is 14.9. The van der Waals surface area contributed by atoms with Gasteiger partial charge in [-0.05, 0) is 42.8 Å². The Morgan fingerprint density at radius 3 is 2.53 bits per heavy atom. The second-order valence-electron chi connectivity index (χ2n) is 8.57. The van der Waals surface area contributed by atoms with E-state index >= 15 is 0 Å². The highest BCUT2D eigenvalue weighted by atomic mass is 35.5. The summed E-state index contributed by atoms with van der Waals surface area (Å²) in [6.07, 6.45) is -0.968. The Hall–Kier alpha value is -3.60. The number of likely N-dealkylation sites (N-methyl/N-ethyl adjacent to an activating group) is 1. The third-order valence-corrected chi connectivity index (χ3v) is 8.04. The van der Waals surface area contributed by atoms with Crippen molar-refractivity contribution in [1.29, 1.82) is 0 Å². The predicted molar refractivity (Wildman–Crippen MR) is 144 cm³/mol. The van der Waals surface area contributed by atoms with E-state index in [2.05, 4.69) is 5.32 Å². The molecule has 3 aromatic carbocycles. The lowest BCUT2D eigenvalue weighted by atomic mass is 10.1. The summed E-state index contributed by atoms with van der Waals surface area (Å²) >= 11 is 6.18. The lowest BCUT2D eigenvalue weighted by Gasteiger charge is -2.35. The number of para-hydroxylation sites is 2. The molecule has 4 rings (SSSR count). The molecule has 2 amide bonds. The van der Waals surface area contributed by atoms with Crippen LogP contribution >= 0.6 is 11.6 Å². The van der Waals surface area contributed by atoms with Crippen LogP contribution in [0.1, 0.15) is 12.5 Å². The molecule has 0 unspecified atom stereocenters. The van der Waals surface area contributed by atoms with E-state index < -0.39 is 28.6 Å². The van der Waals surface area contributed by atoms with Crippen LogP contribution in [0.3, 0.4) is 0 Å². The van der Waals surface area contributed by atoms with Gasteiger partial charge in [-0.2, -0.15) is 4.31 Å². The Labute approximate surface area is 227 Å². The largest absolute Gasteiger partial charge is 0.492 e. The van der Waals surface area contributed by atoms with E-state index in [1.165, 1.54) is 30.1 Å². The minimum absolute atomic E-state index is 0.0678. The lowest BCUT2D eigenvalue weighted by molar-refractivity contribution is -0.128. The Morgan fingerprint density at radius 2 is 1.82 bits per heavy atom. The first-order valence-corrected chi connectivity index (χ1v) is 13.8. The molecule has 0 bridgehead atoms. The van der Waals surface area contributed by atoms with Gasteiger partial charge in [-0.1, -0.05) is 54.1 Å². The average molecular weight is 558 g/mol. The Balaban J connectivity index is 1.49. The fraction of sp³-hybridized carbons (Fsp3) is 0.259. The summed E-state index contributed by atoms with van der Waals surface area (Å²) in [4.78, 5) is 27.6. The van der Waals surface area contributed by atoms with Crippen LogP contribution in [-0.2, 0) is 26.2 Å². The molecule has 0 saturated carbocycles. The zero-order valence-electron chi connectivity index (χ0n) is 21.0. The second kappa shape index (κ2) is 11.8. The molecular weight excluding hydrogens is 530 g/mol. The van der Waals surface area contributed by atoms with Crippen LogP contribution in [0.5, 0.6) is 11.5 Å². The SMILES string of the molecule is CCOc1ccc(S(=O)(=O)N(C)CC(=O)N2C[C@@H](C(=O)NCc3ccccc3)Oc3ccccc32)cc1Cl. The van der Waals surface area contributed by atoms with Crippen molar-refractivity contribution >= 4 is 39.1 Å². The average Bonchev–Trinajstić information content (AvgIpc) is 2.92. The van der Waals surface area contributed by atoms with Crippen molar-refractivity contribution in [3.63, 3.8) is 0 Å². The van der Waals surface area contributed by atoms with Crippen LogP contribution in [0.25, 0.3) is 0 Å². The predicted octanol–water partition coefficient (Wildman–Crippen LogP) is 3.47. The molecule has 0 fully saturated rings. The molecule has 0 radical (unpaired) electrons. The van der Waals surface area contributed by atoms with Crippen molar-refractivity contribution in [3.05, 3.63) is 83.4 Å². The number of fused-ring (bicyclic) bond motifs is 1. The van der Waals surface area contributed by atoms with Crippen molar-refractivity contribution in [2.75, 3.05) is 31.6 Å². The van der Waals surface area contributed by atoms with Gasteiger partial charge >= 0.3 is 0 Å². The second-order valence-corrected chi connectivity index (χ2v) is 11.0. The van der Waals surface area contributed by atoms with Gasteiger partial charge in [0.25, 0.3) is 5.91 Å². The summed E-state index contributed by atoms with van der Waals surface area (Å²) in [6, 6.07) is 20.4. The summed E-state index contributed by atoms with van der Waals surface area (Å²) in [7, 11) is -2.72. The summed E-state index contributed by atoms with van der Waals surface area (Å²) in [5, 5.41) is 2.99. The van der Waals surface area contributed by atoms with E-state index in [-0.39, 0.29) is 22.4 Å². The maximum Gasteiger partial charge on any atom is 0.263 e. The van der Waals surface area contributed by atoms with Gasteiger partial charge in [-0.25, -0.2) is 8.42 Å². The molecule has 0 spiro atoms. The number of nitrogens with zero attached hydrogens (tertiary/aromatic N) is 2. The molecule has 1 aliphatic heterocycles. The molecule has 200 valence electrons. The molecule has 1 heterocycles. The van der Waals surface area contributed by atoms with E-state index in [0.29, 0.717) is 30.3 Å². The van der Waals surface area contributed by atoms with Gasteiger partial charge in [-0.3, -0.25) is 9.59 Å². The minimum Gasteiger partial charge on any atom is -0.492 e. The fourth-order valence-corrected chi connectivity index (χ4v) is 5.41. The zero-order valence-corrected chi connectivity index (χ0v) is 22.5. The molecule has 38 heavy (non-hydrogen) atoms. The lowest BCUT2D eigenvalue weighted by Crippen LogP contribution is -2.52. The van der Waals surface area contributed by atoms with Gasteiger partial charge in [0.2, 0.25) is 15.9 Å². The number of ether oxygens (including phenoxy) is 2. The Kier molecular flexibility index (Phi) is 8.55. The van der Waals surface area contributed by atoms with Crippen LogP contribution in [-0.4, -0.2) is 57.4 Å². The number of carbonyl (C=O) groups excluding carboxylic acids is 2. The summed E-state index contributed by atoms with van der Waals surface area (Å²) in [5.74, 6) is -0.167. The number of anilines is 1. The third-order valence-electron chi connectivity index (χ3n) is 5.95. The van der Waals surface area contributed by atoms with Crippen LogP contribution in [0, 0.1) is 0 Å². The molecular formula is C27H28ClN3O6S. The quantitative estimate of drug-likeness (QED) is 0.432. The number of carbonyl (C=O) groups is 2. The first-order valence-electron chi connectivity index (χ1n) is 12.0. The first kappa shape index (κ1) is 27.4. The van der Waals surface area contributed by atoms with Gasteiger partial charge in [0.05, 0.1) is 35.3 Å². The number of halogens is 1. The van der Waals surface area contributed by atoms with Gasteiger partial charge in [0.1, 0.15) is 11.5 Å². The van der Waals surface area contributed by atoms with Crippen LogP contribution in [0.2, 0.25) is 5.02 Å². The highest BCUT2D eigenvalue weighted by Crippen LogP contribution is 2.34. The first-order chi connectivity index (χ1) is 18.2. The van der Waals surface area contributed by atoms with Crippen molar-refractivity contribution in [1.82, 2.24) is 9.62 Å². The topological polar surface area (TPSA) is 105 Å². The molecule has 0 aromatic heterocycles. The van der Waals surface area contributed by atoms with Crippen molar-refractivity contribution < 1.29 is 27.5 Å². The number of hydrogen-bond donors (Lipinski definition) is 1. The number of hydrogen-bond acceptors (Lipinski definition) is 6. The van der Waals surface area contributed by atoms with Crippen LogP contribution in [0.4, 0.5) is 5.69 Å². The van der Waals surface area contributed by atoms with E-state index in [9.17, 15) is 18.0 Å². The number of rotatable bonds is 9. The molecule has 3 aromatic rings. The van der Waals surface area contributed by atoms with Crippen LogP contribution < -0.4 is 19.7 Å².